The SMILES string of the molecule is Cc1ccc(C=CC(O)=C2C(=O)N(C)C34CCCCC3C2c2ccccc2O4)cc1. The summed E-state index contributed by atoms with van der Waals surface area (Å²) >= 11 is 0. The van der Waals surface area contributed by atoms with Gasteiger partial charge in [0.25, 0.3) is 5.91 Å². The van der Waals surface area contributed by atoms with Gasteiger partial charge in [-0.05, 0) is 37.5 Å². The molecule has 2 aromatic carbocycles. The van der Waals surface area contributed by atoms with Crippen molar-refractivity contribution in [2.45, 2.75) is 44.2 Å². The van der Waals surface area contributed by atoms with Crippen molar-refractivity contribution in [1.29, 1.82) is 0 Å². The van der Waals surface area contributed by atoms with Crippen molar-refractivity contribution in [3.05, 3.63) is 82.6 Å². The highest BCUT2D eigenvalue weighted by Crippen LogP contribution is 2.58. The normalized spacial score (nSPS) is 29.3. The van der Waals surface area contributed by atoms with E-state index in [2.05, 4.69) is 0 Å². The zero-order valence-electron chi connectivity index (χ0n) is 17.5. The molecule has 2 heterocycles. The minimum absolute atomic E-state index is 0.0494. The maximum absolute atomic E-state index is 13.5. The highest BCUT2D eigenvalue weighted by atomic mass is 16.5. The Kier molecular flexibility index (Phi) is 4.46. The molecular formula is C26H27NO3. The third-order valence-corrected chi connectivity index (χ3v) is 7.02. The van der Waals surface area contributed by atoms with Crippen LogP contribution in [0.3, 0.4) is 0 Å². The van der Waals surface area contributed by atoms with Crippen LogP contribution in [0.4, 0.5) is 0 Å². The minimum Gasteiger partial charge on any atom is -0.507 e. The second-order valence-corrected chi connectivity index (χ2v) is 8.72. The molecule has 1 saturated heterocycles. The van der Waals surface area contributed by atoms with E-state index in [0.29, 0.717) is 5.57 Å². The van der Waals surface area contributed by atoms with Crippen molar-refractivity contribution < 1.29 is 14.6 Å². The number of hydrogen-bond donors (Lipinski definition) is 1. The molecular weight excluding hydrogens is 374 g/mol. The summed E-state index contributed by atoms with van der Waals surface area (Å²) in [5.74, 6) is 0.732. The van der Waals surface area contributed by atoms with Crippen LogP contribution in [-0.4, -0.2) is 28.7 Å². The number of aliphatic hydroxyl groups excluding tert-OH is 1. The van der Waals surface area contributed by atoms with Crippen LogP contribution in [0.25, 0.3) is 6.08 Å². The first-order valence-corrected chi connectivity index (χ1v) is 10.8. The summed E-state index contributed by atoms with van der Waals surface area (Å²) in [5, 5.41) is 11.1. The van der Waals surface area contributed by atoms with E-state index in [1.54, 1.807) is 11.0 Å². The van der Waals surface area contributed by atoms with Crippen molar-refractivity contribution in [2.24, 2.45) is 5.92 Å². The number of fused-ring (bicyclic) bond motifs is 2. The Bertz CT molecular complexity index is 1050. The van der Waals surface area contributed by atoms with Crippen molar-refractivity contribution in [3.8, 4) is 5.75 Å². The van der Waals surface area contributed by atoms with Gasteiger partial charge in [0.15, 0.2) is 5.72 Å². The lowest BCUT2D eigenvalue weighted by molar-refractivity contribution is -0.183. The summed E-state index contributed by atoms with van der Waals surface area (Å²) in [6, 6.07) is 16.1. The summed E-state index contributed by atoms with van der Waals surface area (Å²) < 4.78 is 6.53. The number of nitrogens with zero attached hydrogens (tertiary/aromatic N) is 1. The fourth-order valence-electron chi connectivity index (χ4n) is 5.48. The summed E-state index contributed by atoms with van der Waals surface area (Å²) in [6.07, 6.45) is 7.50. The van der Waals surface area contributed by atoms with Crippen molar-refractivity contribution in [1.82, 2.24) is 4.90 Å². The van der Waals surface area contributed by atoms with Gasteiger partial charge in [-0.25, -0.2) is 0 Å². The molecule has 2 aliphatic heterocycles. The van der Waals surface area contributed by atoms with Crippen LogP contribution in [0, 0.1) is 12.8 Å². The first-order chi connectivity index (χ1) is 14.5. The quantitative estimate of drug-likeness (QED) is 0.545. The first kappa shape index (κ1) is 19.0. The zero-order chi connectivity index (χ0) is 20.9. The lowest BCUT2D eigenvalue weighted by Gasteiger charge is -2.58. The van der Waals surface area contributed by atoms with E-state index in [0.717, 1.165) is 42.6 Å². The molecule has 30 heavy (non-hydrogen) atoms. The standard InChI is InChI=1S/C26H27NO3/c1-17-10-12-18(13-11-17)14-15-21(28)24-23-19-7-3-4-9-22(19)30-26(27(2)25(24)29)16-6-5-8-20(23)26/h3-4,7,9-15,20,23,28H,5-6,8,16H2,1-2H3. The fourth-order valence-corrected chi connectivity index (χ4v) is 5.48. The van der Waals surface area contributed by atoms with Crippen molar-refractivity contribution >= 4 is 12.0 Å². The van der Waals surface area contributed by atoms with Crippen LogP contribution in [0.1, 0.15) is 48.3 Å². The average Bonchev–Trinajstić information content (AvgIpc) is 2.77. The Balaban J connectivity index is 1.64. The van der Waals surface area contributed by atoms with E-state index >= 15 is 0 Å². The van der Waals surface area contributed by atoms with Gasteiger partial charge in [-0.3, -0.25) is 4.79 Å². The number of amides is 1. The molecule has 4 nitrogen and oxygen atoms in total. The van der Waals surface area contributed by atoms with E-state index in [9.17, 15) is 9.90 Å². The molecule has 0 spiro atoms. The largest absolute Gasteiger partial charge is 0.507 e. The second kappa shape index (κ2) is 7.05. The van der Waals surface area contributed by atoms with Gasteiger partial charge < -0.3 is 14.7 Å². The molecule has 3 atom stereocenters. The van der Waals surface area contributed by atoms with E-state index in [4.69, 9.17) is 4.74 Å². The fraction of sp³-hybridized carbons (Fsp3) is 0.346. The number of hydrogen-bond acceptors (Lipinski definition) is 3. The van der Waals surface area contributed by atoms with E-state index in [1.165, 1.54) is 5.56 Å². The Hall–Kier alpha value is -3.01. The molecule has 3 aliphatic rings. The van der Waals surface area contributed by atoms with Crippen molar-refractivity contribution in [3.63, 3.8) is 0 Å². The van der Waals surface area contributed by atoms with Gasteiger partial charge in [-0.1, -0.05) is 60.5 Å². The van der Waals surface area contributed by atoms with Crippen LogP contribution >= 0.6 is 0 Å². The van der Waals surface area contributed by atoms with Crippen LogP contribution < -0.4 is 4.74 Å². The summed E-state index contributed by atoms with van der Waals surface area (Å²) in [6.45, 7) is 2.04. The van der Waals surface area contributed by atoms with E-state index in [1.807, 2.05) is 68.6 Å². The zero-order valence-corrected chi connectivity index (χ0v) is 17.5. The molecule has 154 valence electrons. The summed E-state index contributed by atoms with van der Waals surface area (Å²) in [7, 11) is 1.82. The van der Waals surface area contributed by atoms with Gasteiger partial charge in [-0.15, -0.1) is 0 Å². The molecule has 2 aromatic rings. The maximum Gasteiger partial charge on any atom is 0.256 e. The lowest BCUT2D eigenvalue weighted by atomic mass is 9.63. The van der Waals surface area contributed by atoms with E-state index < -0.39 is 5.72 Å². The highest BCUT2D eigenvalue weighted by Gasteiger charge is 2.60. The third kappa shape index (κ3) is 2.78. The van der Waals surface area contributed by atoms with Crippen LogP contribution in [-0.2, 0) is 4.79 Å². The molecule has 4 heteroatoms. The third-order valence-electron chi connectivity index (χ3n) is 7.02. The Morgan fingerprint density at radius 2 is 1.93 bits per heavy atom. The minimum atomic E-state index is -0.612. The Labute approximate surface area is 177 Å². The van der Waals surface area contributed by atoms with E-state index in [-0.39, 0.29) is 23.5 Å². The number of allylic oxidation sites excluding steroid dienone is 1. The molecule has 0 aromatic heterocycles. The average molecular weight is 402 g/mol. The maximum atomic E-state index is 13.5. The number of ether oxygens (including phenoxy) is 1. The summed E-state index contributed by atoms with van der Waals surface area (Å²) in [4.78, 5) is 15.2. The number of likely N-dealkylation sites (tertiary alicyclic amines) is 1. The number of piperidine rings is 1. The Morgan fingerprint density at radius 1 is 1.17 bits per heavy atom. The smallest absolute Gasteiger partial charge is 0.256 e. The Morgan fingerprint density at radius 3 is 2.73 bits per heavy atom. The number of carbonyl (C=O) groups excluding carboxylic acids is 1. The van der Waals surface area contributed by atoms with Gasteiger partial charge in [0.1, 0.15) is 11.5 Å². The topological polar surface area (TPSA) is 49.8 Å². The van der Waals surface area contributed by atoms with Gasteiger partial charge in [-0.2, -0.15) is 0 Å². The number of aryl methyl sites for hydroxylation is 1. The molecule has 3 unspecified atom stereocenters. The lowest BCUT2D eigenvalue weighted by Crippen LogP contribution is -2.67. The number of carbonyl (C=O) groups is 1. The number of rotatable bonds is 2. The van der Waals surface area contributed by atoms with Crippen LogP contribution in [0.5, 0.6) is 5.75 Å². The number of para-hydroxylation sites is 1. The predicted molar refractivity (Wildman–Crippen MR) is 117 cm³/mol. The first-order valence-electron chi connectivity index (χ1n) is 10.8. The molecule has 2 bridgehead atoms. The number of likely N-dealkylation sites (N-methyl/N-ethyl adjacent to an activating group) is 1. The van der Waals surface area contributed by atoms with Crippen LogP contribution in [0.2, 0.25) is 0 Å². The molecule has 1 aliphatic carbocycles. The van der Waals surface area contributed by atoms with Crippen molar-refractivity contribution in [2.75, 3.05) is 7.05 Å². The molecule has 5 rings (SSSR count). The highest BCUT2D eigenvalue weighted by molar-refractivity contribution is 5.98. The number of benzene rings is 2. The number of aliphatic hydroxyl groups is 1. The molecule has 1 N–H and O–H groups in total. The summed E-state index contributed by atoms with van der Waals surface area (Å²) in [5.41, 5.74) is 3.06. The van der Waals surface area contributed by atoms with Gasteiger partial charge in [0.2, 0.25) is 0 Å². The second-order valence-electron chi connectivity index (χ2n) is 8.72. The molecule has 1 amide bonds. The van der Waals surface area contributed by atoms with Crippen LogP contribution in [0.15, 0.2) is 65.9 Å². The monoisotopic (exact) mass is 401 g/mol. The van der Waals surface area contributed by atoms with Gasteiger partial charge in [0, 0.05) is 30.9 Å². The molecule has 1 saturated carbocycles. The van der Waals surface area contributed by atoms with Gasteiger partial charge in [0.05, 0.1) is 5.57 Å². The molecule has 2 fully saturated rings. The van der Waals surface area contributed by atoms with Gasteiger partial charge >= 0.3 is 0 Å². The predicted octanol–water partition coefficient (Wildman–Crippen LogP) is 5.36. The molecule has 0 radical (unpaired) electrons.